The van der Waals surface area contributed by atoms with E-state index in [9.17, 15) is 5.11 Å². The first-order valence-corrected chi connectivity index (χ1v) is 6.69. The molecule has 2 aromatic rings. The third-order valence-electron chi connectivity index (χ3n) is 3.28. The highest BCUT2D eigenvalue weighted by atomic mass is 35.5. The molecule has 0 spiro atoms. The van der Waals surface area contributed by atoms with Gasteiger partial charge in [0.25, 0.3) is 0 Å². The normalized spacial score (nSPS) is 20.0. The van der Waals surface area contributed by atoms with E-state index in [1.54, 1.807) is 6.26 Å². The lowest BCUT2D eigenvalue weighted by atomic mass is 10.2. The van der Waals surface area contributed by atoms with Gasteiger partial charge in [0.05, 0.1) is 11.8 Å². The summed E-state index contributed by atoms with van der Waals surface area (Å²) in [5.74, 6) is 0.603. The molecule has 1 N–H and O–H groups in total. The fourth-order valence-electron chi connectivity index (χ4n) is 2.29. The average Bonchev–Trinajstić information content (AvgIpc) is 3.00. The van der Waals surface area contributed by atoms with E-state index in [1.165, 1.54) is 0 Å². The largest absolute Gasteiger partial charge is 0.444 e. The number of oxazole rings is 1. The lowest BCUT2D eigenvalue weighted by molar-refractivity contribution is 0.174. The number of β-amino-alcohol motifs (C(OH)–C–C–N with tert-alkyl or cyclic N) is 1. The van der Waals surface area contributed by atoms with Crippen LogP contribution in [-0.4, -0.2) is 34.2 Å². The van der Waals surface area contributed by atoms with Crippen molar-refractivity contribution in [3.05, 3.63) is 41.2 Å². The molecule has 1 fully saturated rings. The van der Waals surface area contributed by atoms with Crippen LogP contribution in [0.4, 0.5) is 0 Å². The zero-order valence-electron chi connectivity index (χ0n) is 10.4. The summed E-state index contributed by atoms with van der Waals surface area (Å²) in [6.45, 7) is 2.33. The van der Waals surface area contributed by atoms with E-state index in [1.807, 2.05) is 24.3 Å². The van der Waals surface area contributed by atoms with Crippen LogP contribution in [0.15, 0.2) is 34.9 Å². The predicted octanol–water partition coefficient (Wildman–Crippen LogP) is 2.56. The summed E-state index contributed by atoms with van der Waals surface area (Å²) in [6.07, 6.45) is 2.30. The highest BCUT2D eigenvalue weighted by Crippen LogP contribution is 2.22. The second-order valence-electron chi connectivity index (χ2n) is 4.83. The molecular weight excluding hydrogens is 264 g/mol. The van der Waals surface area contributed by atoms with Crippen LogP contribution in [-0.2, 0) is 6.54 Å². The Morgan fingerprint density at radius 2 is 2.16 bits per heavy atom. The molecule has 1 aromatic heterocycles. The fraction of sp³-hybridized carbons (Fsp3) is 0.357. The summed E-state index contributed by atoms with van der Waals surface area (Å²) in [5, 5.41) is 10.2. The van der Waals surface area contributed by atoms with Gasteiger partial charge in [0.1, 0.15) is 6.26 Å². The van der Waals surface area contributed by atoms with Crippen molar-refractivity contribution >= 4 is 11.6 Å². The Morgan fingerprint density at radius 3 is 2.84 bits per heavy atom. The molecule has 1 atom stereocenters. The van der Waals surface area contributed by atoms with Crippen LogP contribution in [0.25, 0.3) is 11.5 Å². The SMILES string of the molecule is O[C@H]1CCN(Cc2coc(-c3ccc(Cl)cc3)n2)C1. The number of hydrogen-bond donors (Lipinski definition) is 1. The summed E-state index contributed by atoms with van der Waals surface area (Å²) >= 11 is 5.85. The maximum Gasteiger partial charge on any atom is 0.226 e. The van der Waals surface area contributed by atoms with Crippen molar-refractivity contribution in [3.63, 3.8) is 0 Å². The highest BCUT2D eigenvalue weighted by Gasteiger charge is 2.21. The molecule has 0 radical (unpaired) electrons. The lowest BCUT2D eigenvalue weighted by Gasteiger charge is -2.11. The Labute approximate surface area is 116 Å². The van der Waals surface area contributed by atoms with E-state index in [0.717, 1.165) is 24.2 Å². The van der Waals surface area contributed by atoms with Crippen LogP contribution < -0.4 is 0 Å². The standard InChI is InChI=1S/C14H15ClN2O2/c15-11-3-1-10(2-4-11)14-16-12(9-19-14)7-17-6-5-13(18)8-17/h1-4,9,13,18H,5-8H2/t13-/m0/s1. The molecular formula is C14H15ClN2O2. The van der Waals surface area contributed by atoms with Crippen LogP contribution in [0.3, 0.4) is 0 Å². The summed E-state index contributed by atoms with van der Waals surface area (Å²) in [4.78, 5) is 6.64. The summed E-state index contributed by atoms with van der Waals surface area (Å²) in [6, 6.07) is 7.41. The second-order valence-corrected chi connectivity index (χ2v) is 5.26. The number of aliphatic hydroxyl groups excluding tert-OH is 1. The molecule has 0 saturated carbocycles. The van der Waals surface area contributed by atoms with Crippen molar-refractivity contribution in [2.24, 2.45) is 0 Å². The Hall–Kier alpha value is -1.36. The Morgan fingerprint density at radius 1 is 1.37 bits per heavy atom. The summed E-state index contributed by atoms with van der Waals surface area (Å²) in [7, 11) is 0. The average molecular weight is 279 g/mol. The second kappa shape index (κ2) is 5.33. The minimum absolute atomic E-state index is 0.206. The number of aliphatic hydroxyl groups is 1. The third kappa shape index (κ3) is 2.97. The molecule has 100 valence electrons. The molecule has 0 bridgehead atoms. The lowest BCUT2D eigenvalue weighted by Crippen LogP contribution is -2.21. The summed E-state index contributed by atoms with van der Waals surface area (Å²) < 4.78 is 5.48. The zero-order valence-corrected chi connectivity index (χ0v) is 11.2. The highest BCUT2D eigenvalue weighted by molar-refractivity contribution is 6.30. The van der Waals surface area contributed by atoms with Gasteiger partial charge in [-0.05, 0) is 30.7 Å². The molecule has 4 nitrogen and oxygen atoms in total. The van der Waals surface area contributed by atoms with Crippen molar-refractivity contribution in [1.29, 1.82) is 0 Å². The smallest absolute Gasteiger partial charge is 0.226 e. The molecule has 0 amide bonds. The van der Waals surface area contributed by atoms with Crippen molar-refractivity contribution in [1.82, 2.24) is 9.88 Å². The van der Waals surface area contributed by atoms with Crippen molar-refractivity contribution in [3.8, 4) is 11.5 Å². The first-order valence-electron chi connectivity index (χ1n) is 6.31. The molecule has 3 rings (SSSR count). The van der Waals surface area contributed by atoms with Gasteiger partial charge in [-0.25, -0.2) is 4.98 Å². The van der Waals surface area contributed by atoms with Gasteiger partial charge in [0.15, 0.2) is 0 Å². The number of hydrogen-bond acceptors (Lipinski definition) is 4. The summed E-state index contributed by atoms with van der Waals surface area (Å²) in [5.41, 5.74) is 1.80. The molecule has 1 aliphatic heterocycles. The van der Waals surface area contributed by atoms with Gasteiger partial charge >= 0.3 is 0 Å². The van der Waals surface area contributed by atoms with E-state index in [-0.39, 0.29) is 6.10 Å². The van der Waals surface area contributed by atoms with Crippen LogP contribution >= 0.6 is 11.6 Å². The predicted molar refractivity (Wildman–Crippen MR) is 72.8 cm³/mol. The van der Waals surface area contributed by atoms with E-state index in [4.69, 9.17) is 16.0 Å². The van der Waals surface area contributed by atoms with Crippen molar-refractivity contribution < 1.29 is 9.52 Å². The van der Waals surface area contributed by atoms with Gasteiger partial charge in [-0.1, -0.05) is 11.6 Å². The van der Waals surface area contributed by atoms with Crippen molar-refractivity contribution in [2.75, 3.05) is 13.1 Å². The number of rotatable bonds is 3. The molecule has 1 saturated heterocycles. The zero-order chi connectivity index (χ0) is 13.2. The first-order chi connectivity index (χ1) is 9.20. The number of halogens is 1. The van der Waals surface area contributed by atoms with Gasteiger partial charge in [-0.3, -0.25) is 4.90 Å². The Bertz CT molecular complexity index is 553. The molecule has 0 unspecified atom stereocenters. The quantitative estimate of drug-likeness (QED) is 0.937. The van der Waals surface area contributed by atoms with E-state index in [2.05, 4.69) is 9.88 Å². The minimum Gasteiger partial charge on any atom is -0.444 e. The minimum atomic E-state index is -0.206. The number of likely N-dealkylation sites (tertiary alicyclic amines) is 1. The molecule has 5 heteroatoms. The van der Waals surface area contributed by atoms with Crippen LogP contribution in [0.2, 0.25) is 5.02 Å². The van der Waals surface area contributed by atoms with Crippen LogP contribution in [0, 0.1) is 0 Å². The number of benzene rings is 1. The van der Waals surface area contributed by atoms with Gasteiger partial charge in [-0.2, -0.15) is 0 Å². The first kappa shape index (κ1) is 12.7. The molecule has 2 heterocycles. The maximum atomic E-state index is 9.49. The molecule has 19 heavy (non-hydrogen) atoms. The topological polar surface area (TPSA) is 49.5 Å². The monoisotopic (exact) mass is 278 g/mol. The molecule has 0 aliphatic carbocycles. The van der Waals surface area contributed by atoms with E-state index < -0.39 is 0 Å². The maximum absolute atomic E-state index is 9.49. The number of nitrogens with zero attached hydrogens (tertiary/aromatic N) is 2. The number of aromatic nitrogens is 1. The molecule has 1 aromatic carbocycles. The fourth-order valence-corrected chi connectivity index (χ4v) is 2.42. The van der Waals surface area contributed by atoms with Gasteiger partial charge < -0.3 is 9.52 Å². The van der Waals surface area contributed by atoms with Gasteiger partial charge in [-0.15, -0.1) is 0 Å². The van der Waals surface area contributed by atoms with Crippen LogP contribution in [0.1, 0.15) is 12.1 Å². The van der Waals surface area contributed by atoms with E-state index in [0.29, 0.717) is 24.0 Å². The van der Waals surface area contributed by atoms with E-state index >= 15 is 0 Å². The van der Waals surface area contributed by atoms with Crippen molar-refractivity contribution in [2.45, 2.75) is 19.1 Å². The third-order valence-corrected chi connectivity index (χ3v) is 3.53. The Balaban J connectivity index is 1.71. The van der Waals surface area contributed by atoms with Crippen LogP contribution in [0.5, 0.6) is 0 Å². The van der Waals surface area contributed by atoms with Gasteiger partial charge in [0.2, 0.25) is 5.89 Å². The van der Waals surface area contributed by atoms with Gasteiger partial charge in [0, 0.05) is 30.2 Å². The Kier molecular flexibility index (Phi) is 3.55. The molecule has 1 aliphatic rings.